The van der Waals surface area contributed by atoms with Crippen LogP contribution in [0.25, 0.3) is 0 Å². The lowest BCUT2D eigenvalue weighted by Crippen LogP contribution is -2.31. The molecule has 1 amide bonds. The average molecular weight is 278 g/mol. The van der Waals surface area contributed by atoms with Crippen LogP contribution in [0.2, 0.25) is 0 Å². The highest BCUT2D eigenvalue weighted by Gasteiger charge is 2.13. The molecule has 3 N–H and O–H groups in total. The number of amides is 1. The summed E-state index contributed by atoms with van der Waals surface area (Å²) in [5.41, 5.74) is 4.03. The van der Waals surface area contributed by atoms with Gasteiger partial charge in [0.05, 0.1) is 11.4 Å². The third kappa shape index (κ3) is 2.72. The minimum absolute atomic E-state index is 0.310. The molecule has 2 aromatic rings. The van der Waals surface area contributed by atoms with E-state index >= 15 is 0 Å². The van der Waals surface area contributed by atoms with Crippen molar-refractivity contribution < 1.29 is 4.79 Å². The summed E-state index contributed by atoms with van der Waals surface area (Å²) in [6.45, 7) is 3.92. The summed E-state index contributed by atoms with van der Waals surface area (Å²) in [7, 11) is 0. The molecule has 2 heterocycles. The number of aromatic nitrogens is 2. The molecule has 0 radical (unpaired) electrons. The maximum Gasteiger partial charge on any atom is 0.348 e. The molecule has 0 aromatic carbocycles. The van der Waals surface area contributed by atoms with Crippen LogP contribution in [-0.4, -0.2) is 15.5 Å². The molecule has 0 atom stereocenters. The first-order chi connectivity index (χ1) is 9.02. The quantitative estimate of drug-likeness (QED) is 0.488. The van der Waals surface area contributed by atoms with Crippen LogP contribution in [0.5, 0.6) is 0 Å². The Morgan fingerprint density at radius 3 is 2.89 bits per heavy atom. The fraction of sp³-hybridized carbons (Fsp3) is 0.250. The molecule has 6 nitrogen and oxygen atoms in total. The van der Waals surface area contributed by atoms with E-state index in [0.717, 1.165) is 11.3 Å². The number of nitrogens with zero attached hydrogens (tertiary/aromatic N) is 2. The number of aryl methyl sites for hydroxylation is 2. The monoisotopic (exact) mass is 278 g/mol. The van der Waals surface area contributed by atoms with Crippen LogP contribution in [-0.2, 0) is 6.54 Å². The van der Waals surface area contributed by atoms with E-state index in [9.17, 15) is 9.59 Å². The molecule has 0 saturated heterocycles. The number of nitrogen functional groups attached to an aromatic ring is 1. The first-order valence-corrected chi connectivity index (χ1v) is 6.53. The molecule has 100 valence electrons. The minimum atomic E-state index is -0.351. The second kappa shape index (κ2) is 5.33. The molecule has 0 saturated carbocycles. The second-order valence-electron chi connectivity index (χ2n) is 4.16. The fourth-order valence-electron chi connectivity index (χ4n) is 1.86. The predicted octanol–water partition coefficient (Wildman–Crippen LogP) is 0.573. The minimum Gasteiger partial charge on any atom is -0.292 e. The third-order valence-corrected chi connectivity index (χ3v) is 3.71. The summed E-state index contributed by atoms with van der Waals surface area (Å²) in [6.07, 6.45) is 0. The molecule has 2 aromatic heterocycles. The average Bonchev–Trinajstić information content (AvgIpc) is 2.80. The van der Waals surface area contributed by atoms with E-state index in [0.29, 0.717) is 17.1 Å². The molecule has 0 spiro atoms. The van der Waals surface area contributed by atoms with E-state index in [1.807, 2.05) is 13.0 Å². The predicted molar refractivity (Wildman–Crippen MR) is 73.0 cm³/mol. The van der Waals surface area contributed by atoms with Crippen molar-refractivity contribution in [1.29, 1.82) is 0 Å². The zero-order valence-electron chi connectivity index (χ0n) is 10.6. The molecule has 0 aliphatic rings. The highest BCUT2D eigenvalue weighted by molar-refractivity contribution is 7.12. The molecule has 2 rings (SSSR count). The molecule has 0 fully saturated rings. The SMILES string of the molecule is Cc1cc(C)n(Cc2ccsc2C(=O)NN)c(=O)n1. The Balaban J connectivity index is 2.40. The fourth-order valence-corrected chi connectivity index (χ4v) is 2.68. The van der Waals surface area contributed by atoms with E-state index in [-0.39, 0.29) is 11.6 Å². The zero-order chi connectivity index (χ0) is 14.0. The summed E-state index contributed by atoms with van der Waals surface area (Å²) in [5, 5.41) is 1.79. The molecule has 7 heteroatoms. The van der Waals surface area contributed by atoms with Crippen molar-refractivity contribution >= 4 is 17.2 Å². The zero-order valence-corrected chi connectivity index (χ0v) is 11.5. The Morgan fingerprint density at radius 2 is 2.26 bits per heavy atom. The second-order valence-corrected chi connectivity index (χ2v) is 5.07. The molecular weight excluding hydrogens is 264 g/mol. The van der Waals surface area contributed by atoms with Gasteiger partial charge in [0, 0.05) is 11.4 Å². The number of carbonyl (C=O) groups is 1. The van der Waals surface area contributed by atoms with Crippen LogP contribution >= 0.6 is 11.3 Å². The maximum absolute atomic E-state index is 11.9. The van der Waals surface area contributed by atoms with Gasteiger partial charge in [-0.1, -0.05) is 0 Å². The largest absolute Gasteiger partial charge is 0.348 e. The standard InChI is InChI=1S/C12H14N4O2S/c1-7-5-8(2)16(12(18)14-7)6-9-3-4-19-10(9)11(17)15-13/h3-5H,6,13H2,1-2H3,(H,15,17). The molecular formula is C12H14N4O2S. The molecule has 0 aliphatic carbocycles. The lowest BCUT2D eigenvalue weighted by atomic mass is 10.2. The van der Waals surface area contributed by atoms with Gasteiger partial charge < -0.3 is 0 Å². The van der Waals surface area contributed by atoms with Gasteiger partial charge in [-0.3, -0.25) is 14.8 Å². The smallest absolute Gasteiger partial charge is 0.292 e. The van der Waals surface area contributed by atoms with E-state index in [2.05, 4.69) is 10.4 Å². The number of hydrazine groups is 1. The number of hydrogen-bond donors (Lipinski definition) is 2. The van der Waals surface area contributed by atoms with E-state index < -0.39 is 0 Å². The van der Waals surface area contributed by atoms with Crippen LogP contribution in [0.4, 0.5) is 0 Å². The summed E-state index contributed by atoms with van der Waals surface area (Å²) >= 11 is 1.29. The van der Waals surface area contributed by atoms with Gasteiger partial charge in [-0.05, 0) is 36.9 Å². The van der Waals surface area contributed by atoms with Crippen molar-refractivity contribution in [3.63, 3.8) is 0 Å². The normalized spacial score (nSPS) is 10.5. The number of nitrogens with one attached hydrogen (secondary N) is 1. The van der Waals surface area contributed by atoms with E-state index in [4.69, 9.17) is 5.84 Å². The molecule has 0 bridgehead atoms. The number of nitrogens with two attached hydrogens (primary N) is 1. The van der Waals surface area contributed by atoms with Gasteiger partial charge in [0.1, 0.15) is 0 Å². The topological polar surface area (TPSA) is 90.0 Å². The summed E-state index contributed by atoms with van der Waals surface area (Å²) in [6, 6.07) is 3.64. The van der Waals surface area contributed by atoms with Crippen LogP contribution in [0.3, 0.4) is 0 Å². The van der Waals surface area contributed by atoms with Crippen LogP contribution in [0, 0.1) is 13.8 Å². The van der Waals surface area contributed by atoms with Crippen molar-refractivity contribution in [2.75, 3.05) is 0 Å². The Hall–Kier alpha value is -1.99. The summed E-state index contributed by atoms with van der Waals surface area (Å²) < 4.78 is 1.53. The Bertz CT molecular complexity index is 675. The number of rotatable bonds is 3. The number of thiophene rings is 1. The van der Waals surface area contributed by atoms with Gasteiger partial charge >= 0.3 is 5.69 Å². The Kier molecular flexibility index (Phi) is 3.77. The lowest BCUT2D eigenvalue weighted by Gasteiger charge is -2.10. The van der Waals surface area contributed by atoms with Crippen molar-refractivity contribution in [3.8, 4) is 0 Å². The van der Waals surface area contributed by atoms with Gasteiger partial charge in [-0.25, -0.2) is 10.6 Å². The van der Waals surface area contributed by atoms with Gasteiger partial charge in [-0.2, -0.15) is 4.98 Å². The third-order valence-electron chi connectivity index (χ3n) is 2.76. The first-order valence-electron chi connectivity index (χ1n) is 5.65. The molecule has 0 unspecified atom stereocenters. The van der Waals surface area contributed by atoms with E-state index in [1.54, 1.807) is 18.4 Å². The number of hydrogen-bond acceptors (Lipinski definition) is 5. The van der Waals surface area contributed by atoms with Crippen molar-refractivity contribution in [2.24, 2.45) is 5.84 Å². The lowest BCUT2D eigenvalue weighted by molar-refractivity contribution is 0.0956. The Labute approximate surface area is 113 Å². The van der Waals surface area contributed by atoms with Crippen molar-refractivity contribution in [3.05, 3.63) is 49.8 Å². The van der Waals surface area contributed by atoms with Crippen LogP contribution in [0.15, 0.2) is 22.3 Å². The summed E-state index contributed by atoms with van der Waals surface area (Å²) in [4.78, 5) is 27.9. The molecule has 0 aliphatic heterocycles. The maximum atomic E-state index is 11.9. The van der Waals surface area contributed by atoms with Crippen molar-refractivity contribution in [1.82, 2.24) is 15.0 Å². The highest BCUT2D eigenvalue weighted by Crippen LogP contribution is 2.17. The highest BCUT2D eigenvalue weighted by atomic mass is 32.1. The summed E-state index contributed by atoms with van der Waals surface area (Å²) in [5.74, 6) is 4.78. The van der Waals surface area contributed by atoms with Gasteiger partial charge in [0.25, 0.3) is 5.91 Å². The van der Waals surface area contributed by atoms with Crippen LogP contribution < -0.4 is 17.0 Å². The van der Waals surface area contributed by atoms with Crippen LogP contribution in [0.1, 0.15) is 26.6 Å². The first kappa shape index (κ1) is 13.4. The number of carbonyl (C=O) groups excluding carboxylic acids is 1. The van der Waals surface area contributed by atoms with E-state index in [1.165, 1.54) is 15.9 Å². The van der Waals surface area contributed by atoms with Gasteiger partial charge in [0.15, 0.2) is 0 Å². The van der Waals surface area contributed by atoms with Gasteiger partial charge in [0.2, 0.25) is 0 Å². The molecule has 19 heavy (non-hydrogen) atoms. The van der Waals surface area contributed by atoms with Crippen molar-refractivity contribution in [2.45, 2.75) is 20.4 Å². The Morgan fingerprint density at radius 1 is 1.53 bits per heavy atom. The van der Waals surface area contributed by atoms with Gasteiger partial charge in [-0.15, -0.1) is 11.3 Å².